The molecule has 6 heteroatoms. The molecular formula is C27H52N4O2. The van der Waals surface area contributed by atoms with Gasteiger partial charge in [-0.1, -0.05) is 48.5 Å². The smallest absolute Gasteiger partial charge is 0.245 e. The van der Waals surface area contributed by atoms with Gasteiger partial charge in [-0.2, -0.15) is 0 Å². The summed E-state index contributed by atoms with van der Waals surface area (Å²) in [6.45, 7) is 22.0. The van der Waals surface area contributed by atoms with Crippen LogP contribution in [0.3, 0.4) is 0 Å². The zero-order chi connectivity index (χ0) is 24.5. The zero-order valence-corrected chi connectivity index (χ0v) is 22.6. The van der Waals surface area contributed by atoms with Crippen molar-refractivity contribution < 1.29 is 9.59 Å². The molecule has 2 amide bonds. The second-order valence-electron chi connectivity index (χ2n) is 11.7. The molecule has 192 valence electrons. The van der Waals surface area contributed by atoms with Crippen molar-refractivity contribution in [3.05, 3.63) is 0 Å². The predicted molar refractivity (Wildman–Crippen MR) is 137 cm³/mol. The number of piperazine rings is 1. The predicted octanol–water partition coefficient (Wildman–Crippen LogP) is 3.85. The van der Waals surface area contributed by atoms with E-state index in [4.69, 9.17) is 0 Å². The quantitative estimate of drug-likeness (QED) is 0.477. The van der Waals surface area contributed by atoms with Gasteiger partial charge in [-0.3, -0.25) is 9.59 Å². The van der Waals surface area contributed by atoms with Crippen molar-refractivity contribution in [3.8, 4) is 0 Å². The Kier molecular flexibility index (Phi) is 11.6. The third-order valence-electron chi connectivity index (χ3n) is 7.24. The highest BCUT2D eigenvalue weighted by Crippen LogP contribution is 2.25. The number of hydrogen-bond acceptors (Lipinski definition) is 4. The van der Waals surface area contributed by atoms with E-state index in [1.54, 1.807) is 0 Å². The Labute approximate surface area is 203 Å². The molecule has 0 aromatic rings. The summed E-state index contributed by atoms with van der Waals surface area (Å²) in [4.78, 5) is 33.4. The van der Waals surface area contributed by atoms with E-state index in [2.05, 4.69) is 63.6 Å². The van der Waals surface area contributed by atoms with E-state index in [0.29, 0.717) is 30.2 Å². The lowest BCUT2D eigenvalue weighted by molar-refractivity contribution is -0.150. The fourth-order valence-electron chi connectivity index (χ4n) is 5.44. The Hall–Kier alpha value is -1.14. The zero-order valence-electron chi connectivity index (χ0n) is 22.6. The van der Waals surface area contributed by atoms with Gasteiger partial charge in [0.2, 0.25) is 11.8 Å². The number of piperidine rings is 1. The highest BCUT2D eigenvalue weighted by atomic mass is 16.2. The maximum atomic E-state index is 13.7. The van der Waals surface area contributed by atoms with Gasteiger partial charge in [0.25, 0.3) is 0 Å². The summed E-state index contributed by atoms with van der Waals surface area (Å²) in [6, 6.07) is -0.466. The molecule has 2 fully saturated rings. The van der Waals surface area contributed by atoms with Crippen LogP contribution in [0.25, 0.3) is 0 Å². The van der Waals surface area contributed by atoms with Gasteiger partial charge in [0, 0.05) is 32.7 Å². The third-order valence-corrected chi connectivity index (χ3v) is 7.24. The average Bonchev–Trinajstić information content (AvgIpc) is 2.76. The molecule has 2 rings (SSSR count). The number of rotatable bonds is 12. The van der Waals surface area contributed by atoms with Crippen LogP contribution in [-0.4, -0.2) is 84.4 Å². The minimum atomic E-state index is -0.313. The van der Waals surface area contributed by atoms with Crippen LogP contribution in [0.2, 0.25) is 0 Å². The molecule has 2 saturated heterocycles. The summed E-state index contributed by atoms with van der Waals surface area (Å²) in [5, 5.41) is 3.38. The molecule has 0 aliphatic carbocycles. The van der Waals surface area contributed by atoms with Crippen molar-refractivity contribution in [2.24, 2.45) is 23.7 Å². The number of carbonyl (C=O) groups excluding carboxylic acids is 2. The van der Waals surface area contributed by atoms with E-state index in [1.807, 2.05) is 4.90 Å². The van der Waals surface area contributed by atoms with E-state index >= 15 is 0 Å². The molecule has 0 aromatic carbocycles. The molecule has 1 N–H and O–H groups in total. The first-order valence-corrected chi connectivity index (χ1v) is 13.7. The molecule has 1 unspecified atom stereocenters. The van der Waals surface area contributed by atoms with Gasteiger partial charge in [-0.25, -0.2) is 0 Å². The fourth-order valence-corrected chi connectivity index (χ4v) is 5.44. The van der Waals surface area contributed by atoms with Crippen molar-refractivity contribution in [2.75, 3.05) is 45.8 Å². The molecule has 2 heterocycles. The van der Waals surface area contributed by atoms with Crippen LogP contribution in [0.15, 0.2) is 0 Å². The first-order valence-electron chi connectivity index (χ1n) is 13.7. The standard InChI is InChI=1S/C27H52N4O2/c1-8-29(19-22(6)7)13-9-23-10-14-30(15-11-23)27(33)25(18-21(4)5)31-16-12-28-24(26(31)32)17-20(2)3/h20-25,28H,8-19H2,1-7H3/t24-,25?/m0/s1. The van der Waals surface area contributed by atoms with Gasteiger partial charge in [-0.15, -0.1) is 0 Å². The Morgan fingerprint density at radius 2 is 1.70 bits per heavy atom. The number of nitrogens with zero attached hydrogens (tertiary/aromatic N) is 3. The van der Waals surface area contributed by atoms with Crippen LogP contribution in [0.5, 0.6) is 0 Å². The molecule has 0 saturated carbocycles. The highest BCUT2D eigenvalue weighted by Gasteiger charge is 2.39. The number of hydrogen-bond donors (Lipinski definition) is 1. The Bertz CT molecular complexity index is 599. The molecule has 0 bridgehead atoms. The summed E-state index contributed by atoms with van der Waals surface area (Å²) < 4.78 is 0. The second-order valence-corrected chi connectivity index (χ2v) is 11.7. The molecule has 0 aromatic heterocycles. The van der Waals surface area contributed by atoms with Crippen LogP contribution >= 0.6 is 0 Å². The van der Waals surface area contributed by atoms with E-state index in [9.17, 15) is 9.59 Å². The maximum absolute atomic E-state index is 13.7. The lowest BCUT2D eigenvalue weighted by atomic mass is 9.91. The van der Waals surface area contributed by atoms with Gasteiger partial charge >= 0.3 is 0 Å². The molecular weight excluding hydrogens is 412 g/mol. The first-order chi connectivity index (χ1) is 15.6. The number of amides is 2. The minimum Gasteiger partial charge on any atom is -0.341 e. The van der Waals surface area contributed by atoms with E-state index in [-0.39, 0.29) is 23.9 Å². The molecule has 2 atom stereocenters. The van der Waals surface area contributed by atoms with Crippen molar-refractivity contribution in [3.63, 3.8) is 0 Å². The Morgan fingerprint density at radius 1 is 1.03 bits per heavy atom. The molecule has 2 aliphatic heterocycles. The fraction of sp³-hybridized carbons (Fsp3) is 0.926. The Balaban J connectivity index is 1.95. The highest BCUT2D eigenvalue weighted by molar-refractivity contribution is 5.90. The monoisotopic (exact) mass is 464 g/mol. The molecule has 33 heavy (non-hydrogen) atoms. The van der Waals surface area contributed by atoms with E-state index < -0.39 is 0 Å². The number of nitrogens with one attached hydrogen (secondary N) is 1. The lowest BCUT2D eigenvalue weighted by Crippen LogP contribution is -2.62. The molecule has 6 nitrogen and oxygen atoms in total. The van der Waals surface area contributed by atoms with Crippen LogP contribution in [0.4, 0.5) is 0 Å². The summed E-state index contributed by atoms with van der Waals surface area (Å²) >= 11 is 0. The summed E-state index contributed by atoms with van der Waals surface area (Å²) in [7, 11) is 0. The van der Waals surface area contributed by atoms with Gasteiger partial charge in [0.1, 0.15) is 6.04 Å². The Morgan fingerprint density at radius 3 is 2.24 bits per heavy atom. The number of likely N-dealkylation sites (tertiary alicyclic amines) is 1. The van der Waals surface area contributed by atoms with Crippen LogP contribution < -0.4 is 5.32 Å². The lowest BCUT2D eigenvalue weighted by Gasteiger charge is -2.42. The van der Waals surface area contributed by atoms with Gasteiger partial charge in [0.05, 0.1) is 6.04 Å². The molecule has 0 radical (unpaired) electrons. The summed E-state index contributed by atoms with van der Waals surface area (Å²) in [6.07, 6.45) is 4.98. The van der Waals surface area contributed by atoms with Crippen molar-refractivity contribution in [2.45, 2.75) is 92.7 Å². The first kappa shape index (κ1) is 28.1. The summed E-state index contributed by atoms with van der Waals surface area (Å²) in [5.74, 6) is 2.53. The third kappa shape index (κ3) is 8.86. The maximum Gasteiger partial charge on any atom is 0.245 e. The van der Waals surface area contributed by atoms with Crippen molar-refractivity contribution in [1.82, 2.24) is 20.0 Å². The van der Waals surface area contributed by atoms with Crippen molar-refractivity contribution in [1.29, 1.82) is 0 Å². The van der Waals surface area contributed by atoms with E-state index in [1.165, 1.54) is 13.0 Å². The van der Waals surface area contributed by atoms with Crippen LogP contribution in [-0.2, 0) is 9.59 Å². The normalized spacial score (nSPS) is 21.7. The van der Waals surface area contributed by atoms with Crippen LogP contribution in [0.1, 0.15) is 80.6 Å². The second kappa shape index (κ2) is 13.7. The summed E-state index contributed by atoms with van der Waals surface area (Å²) in [5.41, 5.74) is 0. The van der Waals surface area contributed by atoms with Crippen LogP contribution in [0, 0.1) is 23.7 Å². The van der Waals surface area contributed by atoms with Gasteiger partial charge < -0.3 is 20.0 Å². The molecule has 2 aliphatic rings. The van der Waals surface area contributed by atoms with Gasteiger partial charge in [0.15, 0.2) is 0 Å². The minimum absolute atomic E-state index is 0.119. The number of carbonyl (C=O) groups is 2. The van der Waals surface area contributed by atoms with Crippen molar-refractivity contribution >= 4 is 11.8 Å². The topological polar surface area (TPSA) is 55.9 Å². The largest absolute Gasteiger partial charge is 0.341 e. The van der Waals surface area contributed by atoms with E-state index in [0.717, 1.165) is 58.4 Å². The average molecular weight is 465 g/mol. The SMILES string of the molecule is CCN(CCC1CCN(C(=O)C(CC(C)C)N2CCN[C@@H](CC(C)C)C2=O)CC1)CC(C)C. The van der Waals surface area contributed by atoms with Gasteiger partial charge in [-0.05, 0) is 68.9 Å². The molecule has 0 spiro atoms.